The predicted molar refractivity (Wildman–Crippen MR) is 73.9 cm³/mol. The number of aliphatic imine (C=N–C) groups is 1. The van der Waals surface area contributed by atoms with Crippen molar-refractivity contribution < 1.29 is 9.53 Å². The van der Waals surface area contributed by atoms with Crippen molar-refractivity contribution >= 4 is 29.0 Å². The number of esters is 1. The molecule has 0 fully saturated rings. The fourth-order valence-corrected chi connectivity index (χ4v) is 1.49. The van der Waals surface area contributed by atoms with Crippen LogP contribution in [0.2, 0.25) is 0 Å². The average Bonchev–Trinajstić information content (AvgIpc) is 2.27. The van der Waals surface area contributed by atoms with Crippen LogP contribution in [-0.4, -0.2) is 16.7 Å². The lowest BCUT2D eigenvalue weighted by Gasteiger charge is -2.22. The molecule has 0 radical (unpaired) electrons. The number of thiocarbonyl (C=S) groups is 1. The minimum absolute atomic E-state index is 0.491. The van der Waals surface area contributed by atoms with Gasteiger partial charge in [0.15, 0.2) is 0 Å². The number of para-hydroxylation sites is 1. The molecule has 1 unspecified atom stereocenters. The van der Waals surface area contributed by atoms with Crippen molar-refractivity contribution in [3.63, 3.8) is 0 Å². The van der Waals surface area contributed by atoms with Gasteiger partial charge in [-0.05, 0) is 39.1 Å². The van der Waals surface area contributed by atoms with Crippen molar-refractivity contribution in [1.82, 2.24) is 0 Å². The monoisotopic (exact) mass is 264 g/mol. The Balaban J connectivity index is 3.00. The van der Waals surface area contributed by atoms with Gasteiger partial charge in [0.05, 0.1) is 10.8 Å². The highest BCUT2D eigenvalue weighted by Crippen LogP contribution is 2.25. The third-order valence-electron chi connectivity index (χ3n) is 2.10. The van der Waals surface area contributed by atoms with E-state index in [2.05, 4.69) is 22.4 Å². The number of hydrogen-bond acceptors (Lipinski definition) is 5. The van der Waals surface area contributed by atoms with E-state index in [0.717, 1.165) is 0 Å². The van der Waals surface area contributed by atoms with Gasteiger partial charge in [-0.1, -0.05) is 18.2 Å². The molecule has 0 heterocycles. The zero-order valence-electron chi connectivity index (χ0n) is 10.6. The molecular weight excluding hydrogens is 248 g/mol. The van der Waals surface area contributed by atoms with Crippen LogP contribution in [0.15, 0.2) is 29.3 Å². The van der Waals surface area contributed by atoms with E-state index in [9.17, 15) is 4.79 Å². The van der Waals surface area contributed by atoms with Gasteiger partial charge in [-0.15, -0.1) is 0 Å². The average molecular weight is 264 g/mol. The molecule has 2 N–H and O–H groups in total. The Morgan fingerprint density at radius 3 is 2.61 bits per heavy atom. The van der Waals surface area contributed by atoms with Gasteiger partial charge in [0.2, 0.25) is 0 Å². The van der Waals surface area contributed by atoms with Crippen LogP contribution in [0.3, 0.4) is 0 Å². The second kappa shape index (κ2) is 5.87. The quantitative estimate of drug-likeness (QED) is 0.518. The fraction of sp³-hybridized carbons (Fsp3) is 0.385. The highest BCUT2D eigenvalue weighted by atomic mass is 32.1. The first kappa shape index (κ1) is 14.5. The van der Waals surface area contributed by atoms with Gasteiger partial charge < -0.3 is 10.5 Å². The number of isothiocyanates is 1. The number of nitrogens with two attached hydrogens (primary N) is 1. The van der Waals surface area contributed by atoms with Gasteiger partial charge in [0.25, 0.3) is 0 Å². The summed E-state index contributed by atoms with van der Waals surface area (Å²) in [7, 11) is 0. The van der Waals surface area contributed by atoms with Crippen LogP contribution in [0, 0.1) is 0 Å². The summed E-state index contributed by atoms with van der Waals surface area (Å²) in [6.45, 7) is 5.37. The van der Waals surface area contributed by atoms with Gasteiger partial charge in [-0.25, -0.2) is 4.79 Å². The van der Waals surface area contributed by atoms with Crippen LogP contribution >= 0.6 is 12.2 Å². The lowest BCUT2D eigenvalue weighted by molar-refractivity contribution is -0.156. The molecule has 0 aromatic heterocycles. The largest absolute Gasteiger partial charge is 0.459 e. The van der Waals surface area contributed by atoms with Crippen LogP contribution < -0.4 is 5.73 Å². The summed E-state index contributed by atoms with van der Waals surface area (Å²) in [4.78, 5) is 15.8. The van der Waals surface area contributed by atoms with Gasteiger partial charge in [-0.3, -0.25) is 0 Å². The summed E-state index contributed by atoms with van der Waals surface area (Å²) in [5.74, 6) is -0.491. The summed E-state index contributed by atoms with van der Waals surface area (Å²) >= 11 is 4.56. The zero-order chi connectivity index (χ0) is 13.8. The molecular formula is C13H16N2O2S. The summed E-state index contributed by atoms with van der Waals surface area (Å²) in [6.07, 6.45) is 0. The van der Waals surface area contributed by atoms with Gasteiger partial charge in [-0.2, -0.15) is 4.99 Å². The second-order valence-corrected chi connectivity index (χ2v) is 4.96. The Labute approximate surface area is 112 Å². The van der Waals surface area contributed by atoms with Gasteiger partial charge in [0, 0.05) is 5.56 Å². The first-order chi connectivity index (χ1) is 8.35. The normalized spacial score (nSPS) is 12.4. The van der Waals surface area contributed by atoms with E-state index in [1.165, 1.54) is 0 Å². The SMILES string of the molecule is CC(C)(C)OC(=O)C(N)c1ccccc1N=C=S. The van der Waals surface area contributed by atoms with Crippen molar-refractivity contribution in [3.8, 4) is 0 Å². The fourth-order valence-electron chi connectivity index (χ4n) is 1.39. The highest BCUT2D eigenvalue weighted by Gasteiger charge is 2.24. The van der Waals surface area contributed by atoms with Crippen LogP contribution in [0.4, 0.5) is 5.69 Å². The number of ether oxygens (including phenoxy) is 1. The number of carbonyl (C=O) groups excluding carboxylic acids is 1. The molecule has 0 aliphatic heterocycles. The lowest BCUT2D eigenvalue weighted by atomic mass is 10.1. The van der Waals surface area contributed by atoms with Gasteiger partial charge in [0.1, 0.15) is 11.6 Å². The molecule has 0 saturated carbocycles. The van der Waals surface area contributed by atoms with Crippen molar-refractivity contribution in [3.05, 3.63) is 29.8 Å². The molecule has 0 spiro atoms. The van der Waals surface area contributed by atoms with Crippen LogP contribution in [0.25, 0.3) is 0 Å². The second-order valence-electron chi connectivity index (χ2n) is 4.77. The number of nitrogens with zero attached hydrogens (tertiary/aromatic N) is 1. The maximum absolute atomic E-state index is 11.9. The Morgan fingerprint density at radius 2 is 2.06 bits per heavy atom. The summed E-state index contributed by atoms with van der Waals surface area (Å²) in [6, 6.07) is 6.13. The summed E-state index contributed by atoms with van der Waals surface area (Å²) in [5.41, 5.74) is 6.41. The van der Waals surface area contributed by atoms with Crippen LogP contribution in [-0.2, 0) is 9.53 Å². The molecule has 4 nitrogen and oxygen atoms in total. The third-order valence-corrected chi connectivity index (χ3v) is 2.19. The van der Waals surface area contributed by atoms with E-state index in [0.29, 0.717) is 11.3 Å². The highest BCUT2D eigenvalue weighted by molar-refractivity contribution is 7.78. The van der Waals surface area contributed by atoms with E-state index < -0.39 is 17.6 Å². The smallest absolute Gasteiger partial charge is 0.328 e. The van der Waals surface area contributed by atoms with Crippen LogP contribution in [0.1, 0.15) is 32.4 Å². The minimum atomic E-state index is -0.882. The molecule has 0 bridgehead atoms. The van der Waals surface area contributed by atoms with Crippen molar-refractivity contribution in [2.24, 2.45) is 10.7 Å². The van der Waals surface area contributed by atoms with Crippen molar-refractivity contribution in [2.75, 3.05) is 0 Å². The van der Waals surface area contributed by atoms with Crippen LogP contribution in [0.5, 0.6) is 0 Å². The standard InChI is InChI=1S/C13H16N2O2S/c1-13(2,3)17-12(16)11(14)9-6-4-5-7-10(9)15-8-18/h4-7,11H,14H2,1-3H3. The minimum Gasteiger partial charge on any atom is -0.459 e. The van der Waals surface area contributed by atoms with E-state index in [1.807, 2.05) is 0 Å². The van der Waals surface area contributed by atoms with E-state index in [-0.39, 0.29) is 0 Å². The Kier molecular flexibility index (Phi) is 4.73. The molecule has 0 amide bonds. The third kappa shape index (κ3) is 4.04. The Bertz CT molecular complexity index is 488. The zero-order valence-corrected chi connectivity index (χ0v) is 11.5. The summed E-state index contributed by atoms with van der Waals surface area (Å²) < 4.78 is 5.23. The summed E-state index contributed by atoms with van der Waals surface area (Å²) in [5, 5.41) is 2.27. The number of rotatable bonds is 3. The molecule has 1 aromatic rings. The predicted octanol–water partition coefficient (Wildman–Crippen LogP) is 2.76. The molecule has 1 rings (SSSR count). The van der Waals surface area contributed by atoms with E-state index in [4.69, 9.17) is 10.5 Å². The molecule has 96 valence electrons. The van der Waals surface area contributed by atoms with Gasteiger partial charge >= 0.3 is 5.97 Å². The molecule has 5 heteroatoms. The van der Waals surface area contributed by atoms with E-state index >= 15 is 0 Å². The maximum Gasteiger partial charge on any atom is 0.328 e. The maximum atomic E-state index is 11.9. The Morgan fingerprint density at radius 1 is 1.44 bits per heavy atom. The topological polar surface area (TPSA) is 64.7 Å². The first-order valence-electron chi connectivity index (χ1n) is 5.50. The van der Waals surface area contributed by atoms with E-state index in [1.54, 1.807) is 45.0 Å². The number of hydrogen-bond donors (Lipinski definition) is 1. The lowest BCUT2D eigenvalue weighted by Crippen LogP contribution is -2.31. The van der Waals surface area contributed by atoms with Crippen molar-refractivity contribution in [2.45, 2.75) is 32.4 Å². The molecule has 0 aliphatic rings. The Hall–Kier alpha value is -1.55. The number of benzene rings is 1. The van der Waals surface area contributed by atoms with Crippen molar-refractivity contribution in [1.29, 1.82) is 0 Å². The molecule has 0 saturated heterocycles. The molecule has 1 atom stereocenters. The molecule has 1 aromatic carbocycles. The first-order valence-corrected chi connectivity index (χ1v) is 5.91. The molecule has 18 heavy (non-hydrogen) atoms. The number of carbonyl (C=O) groups is 1. The molecule has 0 aliphatic carbocycles.